The molecule has 3 rings (SSSR count). The van der Waals surface area contributed by atoms with Gasteiger partial charge in [-0.2, -0.15) is 4.31 Å². The predicted octanol–water partition coefficient (Wildman–Crippen LogP) is 3.00. The summed E-state index contributed by atoms with van der Waals surface area (Å²) < 4.78 is 32.8. The van der Waals surface area contributed by atoms with Crippen LogP contribution in [0.4, 0.5) is 11.4 Å². The summed E-state index contributed by atoms with van der Waals surface area (Å²) in [4.78, 5) is 24.2. The zero-order valence-corrected chi connectivity index (χ0v) is 18.7. The molecule has 1 atom stereocenters. The van der Waals surface area contributed by atoms with Crippen LogP contribution in [0.3, 0.4) is 0 Å². The number of anilines is 2. The summed E-state index contributed by atoms with van der Waals surface area (Å²) in [5.41, 5.74) is 1.85. The Morgan fingerprint density at radius 2 is 1.81 bits per heavy atom. The molecule has 0 saturated carbocycles. The third-order valence-electron chi connectivity index (χ3n) is 5.21. The summed E-state index contributed by atoms with van der Waals surface area (Å²) in [5, 5.41) is 5.50. The number of aryl methyl sites for hydroxylation is 1. The number of rotatable bonds is 6. The Labute approximate surface area is 182 Å². The Morgan fingerprint density at radius 1 is 1.10 bits per heavy atom. The lowest BCUT2D eigenvalue weighted by molar-refractivity contribution is -0.121. The molecule has 0 unspecified atom stereocenters. The highest BCUT2D eigenvalue weighted by Gasteiger charge is 2.33. The van der Waals surface area contributed by atoms with Gasteiger partial charge in [0.2, 0.25) is 21.8 Å². The van der Waals surface area contributed by atoms with Crippen LogP contribution in [-0.2, 0) is 19.6 Å². The van der Waals surface area contributed by atoms with Crippen LogP contribution < -0.4 is 15.4 Å². The highest BCUT2D eigenvalue weighted by Crippen LogP contribution is 2.28. The fourth-order valence-electron chi connectivity index (χ4n) is 3.66. The number of amides is 2. The molecule has 1 heterocycles. The number of hydrogen-bond acceptors (Lipinski definition) is 5. The Balaban J connectivity index is 1.72. The number of hydrogen-bond donors (Lipinski definition) is 2. The van der Waals surface area contributed by atoms with Crippen LogP contribution in [0.2, 0.25) is 0 Å². The van der Waals surface area contributed by atoms with Crippen molar-refractivity contribution in [3.05, 3.63) is 48.0 Å². The summed E-state index contributed by atoms with van der Waals surface area (Å²) in [5.74, 6) is -0.292. The fourth-order valence-corrected chi connectivity index (χ4v) is 5.27. The maximum atomic E-state index is 13.1. The number of ether oxygens (including phenoxy) is 1. The van der Waals surface area contributed by atoms with Gasteiger partial charge in [-0.1, -0.05) is 6.07 Å². The van der Waals surface area contributed by atoms with Gasteiger partial charge in [-0.3, -0.25) is 9.59 Å². The second kappa shape index (κ2) is 9.49. The molecular formula is C22H27N3O5S. The largest absolute Gasteiger partial charge is 0.496 e. The number of carbonyl (C=O) groups excluding carboxylic acids is 2. The van der Waals surface area contributed by atoms with Gasteiger partial charge in [-0.25, -0.2) is 8.42 Å². The predicted molar refractivity (Wildman–Crippen MR) is 119 cm³/mol. The quantitative estimate of drug-likeness (QED) is 0.711. The maximum Gasteiger partial charge on any atom is 0.243 e. The molecule has 0 aromatic heterocycles. The number of methoxy groups -OCH3 is 1. The van der Waals surface area contributed by atoms with Gasteiger partial charge < -0.3 is 15.4 Å². The van der Waals surface area contributed by atoms with Gasteiger partial charge in [0.25, 0.3) is 0 Å². The van der Waals surface area contributed by atoms with E-state index in [-0.39, 0.29) is 23.3 Å². The van der Waals surface area contributed by atoms with Crippen LogP contribution in [-0.4, -0.2) is 44.7 Å². The summed E-state index contributed by atoms with van der Waals surface area (Å²) in [6.07, 6.45) is 1.20. The fraction of sp³-hybridized carbons (Fsp3) is 0.364. The molecule has 31 heavy (non-hydrogen) atoms. The third-order valence-corrected chi connectivity index (χ3v) is 7.07. The van der Waals surface area contributed by atoms with Crippen LogP contribution in [0.25, 0.3) is 0 Å². The van der Waals surface area contributed by atoms with Crippen molar-refractivity contribution in [1.82, 2.24) is 4.31 Å². The van der Waals surface area contributed by atoms with E-state index >= 15 is 0 Å². The molecule has 9 heteroatoms. The molecule has 1 aliphatic rings. The van der Waals surface area contributed by atoms with Crippen molar-refractivity contribution in [2.45, 2.75) is 31.6 Å². The van der Waals surface area contributed by atoms with E-state index in [1.165, 1.54) is 24.4 Å². The van der Waals surface area contributed by atoms with E-state index in [9.17, 15) is 18.0 Å². The lowest BCUT2D eigenvalue weighted by atomic mass is 9.98. The Bertz CT molecular complexity index is 1080. The first-order valence-corrected chi connectivity index (χ1v) is 11.5. The normalized spacial score (nSPS) is 17.1. The standard InChI is InChI=1S/C22H27N3O5S/c1-15-12-20(9-10-21(15)30-3)31(28,29)25-11-5-6-17(14-25)22(27)24-19-8-4-7-18(13-19)23-16(2)26/h4,7-10,12-13,17H,5-6,11,14H2,1-3H3,(H,23,26)(H,24,27)/t17-/m1/s1. The molecule has 1 aliphatic heterocycles. The molecule has 2 aromatic carbocycles. The first-order chi connectivity index (χ1) is 14.7. The van der Waals surface area contributed by atoms with Crippen LogP contribution in [0.5, 0.6) is 5.75 Å². The molecule has 0 aliphatic carbocycles. The Hall–Kier alpha value is -2.91. The van der Waals surface area contributed by atoms with Gasteiger partial charge in [0.15, 0.2) is 0 Å². The van der Waals surface area contributed by atoms with Gasteiger partial charge >= 0.3 is 0 Å². The molecule has 166 valence electrons. The molecule has 1 saturated heterocycles. The molecule has 2 aromatic rings. The maximum absolute atomic E-state index is 13.1. The van der Waals surface area contributed by atoms with E-state index in [0.717, 1.165) is 5.56 Å². The highest BCUT2D eigenvalue weighted by molar-refractivity contribution is 7.89. The second-order valence-corrected chi connectivity index (χ2v) is 9.52. The zero-order valence-electron chi connectivity index (χ0n) is 17.8. The van der Waals surface area contributed by atoms with Crippen molar-refractivity contribution in [2.24, 2.45) is 5.92 Å². The number of benzene rings is 2. The third kappa shape index (κ3) is 5.42. The van der Waals surface area contributed by atoms with E-state index in [1.54, 1.807) is 43.3 Å². The second-order valence-electron chi connectivity index (χ2n) is 7.58. The number of carbonyl (C=O) groups is 2. The summed E-state index contributed by atoms with van der Waals surface area (Å²) >= 11 is 0. The number of nitrogens with one attached hydrogen (secondary N) is 2. The monoisotopic (exact) mass is 445 g/mol. The van der Waals surface area contributed by atoms with Gasteiger partial charge in [-0.15, -0.1) is 0 Å². The van der Waals surface area contributed by atoms with Gasteiger partial charge in [0.1, 0.15) is 5.75 Å². The molecule has 2 amide bonds. The van der Waals surface area contributed by atoms with Crippen LogP contribution in [0.15, 0.2) is 47.4 Å². The molecule has 0 radical (unpaired) electrons. The van der Waals surface area contributed by atoms with E-state index < -0.39 is 15.9 Å². The topological polar surface area (TPSA) is 105 Å². The van der Waals surface area contributed by atoms with Crippen LogP contribution in [0, 0.1) is 12.8 Å². The van der Waals surface area contributed by atoms with Gasteiger partial charge in [0.05, 0.1) is 17.9 Å². The van der Waals surface area contributed by atoms with E-state index in [2.05, 4.69) is 10.6 Å². The van der Waals surface area contributed by atoms with Crippen LogP contribution in [0.1, 0.15) is 25.3 Å². The Kier molecular flexibility index (Phi) is 6.97. The first kappa shape index (κ1) is 22.8. The van der Waals surface area contributed by atoms with Crippen LogP contribution >= 0.6 is 0 Å². The summed E-state index contributed by atoms with van der Waals surface area (Å²) in [6, 6.07) is 11.6. The van der Waals surface area contributed by atoms with Crippen molar-refractivity contribution in [3.63, 3.8) is 0 Å². The Morgan fingerprint density at radius 3 is 2.45 bits per heavy atom. The van der Waals surface area contributed by atoms with E-state index in [0.29, 0.717) is 36.5 Å². The SMILES string of the molecule is COc1ccc(S(=O)(=O)N2CCC[C@@H](C(=O)Nc3cccc(NC(C)=O)c3)C2)cc1C. The molecule has 8 nitrogen and oxygen atoms in total. The van der Waals surface area contributed by atoms with Crippen molar-refractivity contribution in [1.29, 1.82) is 0 Å². The molecular weight excluding hydrogens is 418 g/mol. The van der Waals surface area contributed by atoms with Crippen molar-refractivity contribution in [3.8, 4) is 5.75 Å². The molecule has 0 spiro atoms. The molecule has 2 N–H and O–H groups in total. The average Bonchev–Trinajstić information content (AvgIpc) is 2.73. The number of nitrogens with zero attached hydrogens (tertiary/aromatic N) is 1. The lowest BCUT2D eigenvalue weighted by Crippen LogP contribution is -2.43. The summed E-state index contributed by atoms with van der Waals surface area (Å²) in [6.45, 7) is 3.69. The minimum absolute atomic E-state index is 0.116. The summed E-state index contributed by atoms with van der Waals surface area (Å²) in [7, 11) is -2.18. The highest BCUT2D eigenvalue weighted by atomic mass is 32.2. The van der Waals surface area contributed by atoms with Crippen molar-refractivity contribution < 1.29 is 22.7 Å². The minimum Gasteiger partial charge on any atom is -0.496 e. The smallest absolute Gasteiger partial charge is 0.243 e. The van der Waals surface area contributed by atoms with Crippen molar-refractivity contribution >= 4 is 33.2 Å². The number of piperidine rings is 1. The minimum atomic E-state index is -3.72. The van der Waals surface area contributed by atoms with Gasteiger partial charge in [-0.05, 0) is 61.7 Å². The lowest BCUT2D eigenvalue weighted by Gasteiger charge is -2.31. The zero-order chi connectivity index (χ0) is 22.6. The first-order valence-electron chi connectivity index (χ1n) is 10.0. The number of sulfonamides is 1. The molecule has 0 bridgehead atoms. The van der Waals surface area contributed by atoms with Crippen molar-refractivity contribution in [2.75, 3.05) is 30.8 Å². The van der Waals surface area contributed by atoms with E-state index in [4.69, 9.17) is 4.74 Å². The van der Waals surface area contributed by atoms with E-state index in [1.807, 2.05) is 0 Å². The van der Waals surface area contributed by atoms with Gasteiger partial charge in [0, 0.05) is 31.4 Å². The molecule has 1 fully saturated rings. The average molecular weight is 446 g/mol.